The number of hydrogen-bond donors (Lipinski definition) is 0. The molecule has 0 saturated carbocycles. The van der Waals surface area contributed by atoms with Gasteiger partial charge in [0.1, 0.15) is 0 Å². The Morgan fingerprint density at radius 2 is 1.16 bits per heavy atom. The van der Waals surface area contributed by atoms with Crippen LogP contribution in [0.4, 0.5) is 0 Å². The van der Waals surface area contributed by atoms with E-state index in [1.807, 2.05) is 72.8 Å². The number of carbonyl (C=O) groups excluding carboxylic acids is 1. The molecule has 0 saturated heterocycles. The van der Waals surface area contributed by atoms with E-state index < -0.39 is 0 Å². The van der Waals surface area contributed by atoms with E-state index in [-0.39, 0.29) is 0 Å². The van der Waals surface area contributed by atoms with Crippen molar-refractivity contribution >= 4 is 6.29 Å². The zero-order valence-electron chi connectivity index (χ0n) is 13.7. The predicted molar refractivity (Wildman–Crippen MR) is 102 cm³/mol. The highest BCUT2D eigenvalue weighted by atomic mass is 16.1. The van der Waals surface area contributed by atoms with Gasteiger partial charge in [0.25, 0.3) is 0 Å². The molecule has 0 radical (unpaired) electrons. The minimum atomic E-state index is 0.689. The van der Waals surface area contributed by atoms with Crippen LogP contribution in [-0.2, 0) is 0 Å². The van der Waals surface area contributed by atoms with Gasteiger partial charge in [0.05, 0.1) is 11.4 Å². The van der Waals surface area contributed by atoms with Crippen molar-refractivity contribution < 1.29 is 4.79 Å². The summed E-state index contributed by atoms with van der Waals surface area (Å²) in [6, 6.07) is 32.3. The topological polar surface area (TPSA) is 22.0 Å². The van der Waals surface area contributed by atoms with Crippen LogP contribution < -0.4 is 0 Å². The molecular weight excluding hydrogens is 306 g/mol. The lowest BCUT2D eigenvalue weighted by Crippen LogP contribution is -2.00. The summed E-state index contributed by atoms with van der Waals surface area (Å²) in [6.07, 6.45) is 0.939. The molecular formula is C23H17NO. The van der Waals surface area contributed by atoms with Crippen molar-refractivity contribution in [2.75, 3.05) is 0 Å². The van der Waals surface area contributed by atoms with E-state index in [0.29, 0.717) is 5.56 Å². The SMILES string of the molecule is O=Cc1cc(-c2ccccc2)n(-c2ccccc2)c1-c1ccccc1. The number of aldehydes is 1. The average Bonchev–Trinajstić information content (AvgIpc) is 3.10. The van der Waals surface area contributed by atoms with Gasteiger partial charge in [0, 0.05) is 11.3 Å². The van der Waals surface area contributed by atoms with Gasteiger partial charge in [-0.2, -0.15) is 0 Å². The number of hydrogen-bond acceptors (Lipinski definition) is 1. The van der Waals surface area contributed by atoms with Gasteiger partial charge >= 0.3 is 0 Å². The Bertz CT molecular complexity index is 986. The Hall–Kier alpha value is -3.39. The molecule has 0 spiro atoms. The van der Waals surface area contributed by atoms with Crippen LogP contribution in [0.15, 0.2) is 97.1 Å². The van der Waals surface area contributed by atoms with E-state index in [4.69, 9.17) is 0 Å². The standard InChI is InChI=1S/C23H17NO/c25-17-20-16-22(18-10-4-1-5-11-18)24(21-14-8-3-9-15-21)23(20)19-12-6-2-7-13-19/h1-17H. The molecule has 0 aliphatic rings. The zero-order chi connectivity index (χ0) is 17.1. The molecule has 0 aliphatic carbocycles. The first-order chi connectivity index (χ1) is 12.4. The van der Waals surface area contributed by atoms with Crippen LogP contribution in [0.3, 0.4) is 0 Å². The van der Waals surface area contributed by atoms with Crippen molar-refractivity contribution in [1.29, 1.82) is 0 Å². The van der Waals surface area contributed by atoms with Gasteiger partial charge in [0.15, 0.2) is 6.29 Å². The van der Waals surface area contributed by atoms with Gasteiger partial charge in [-0.15, -0.1) is 0 Å². The summed E-state index contributed by atoms with van der Waals surface area (Å²) in [4.78, 5) is 11.8. The fraction of sp³-hybridized carbons (Fsp3) is 0. The molecule has 0 amide bonds. The maximum atomic E-state index is 11.8. The highest BCUT2D eigenvalue weighted by molar-refractivity contribution is 5.91. The van der Waals surface area contributed by atoms with Crippen molar-refractivity contribution in [3.05, 3.63) is 103 Å². The Labute approximate surface area is 147 Å². The lowest BCUT2D eigenvalue weighted by molar-refractivity contribution is 0.112. The fourth-order valence-electron chi connectivity index (χ4n) is 3.18. The molecule has 25 heavy (non-hydrogen) atoms. The highest BCUT2D eigenvalue weighted by Crippen LogP contribution is 2.35. The minimum absolute atomic E-state index is 0.689. The second-order valence-electron chi connectivity index (χ2n) is 5.85. The molecule has 4 aromatic rings. The van der Waals surface area contributed by atoms with Crippen LogP contribution in [0.2, 0.25) is 0 Å². The summed E-state index contributed by atoms with van der Waals surface area (Å²) in [5.74, 6) is 0. The Balaban J connectivity index is 2.07. The van der Waals surface area contributed by atoms with Gasteiger partial charge in [-0.3, -0.25) is 4.79 Å². The van der Waals surface area contributed by atoms with E-state index in [1.54, 1.807) is 0 Å². The van der Waals surface area contributed by atoms with Crippen LogP contribution >= 0.6 is 0 Å². The van der Waals surface area contributed by atoms with Crippen molar-refractivity contribution in [2.24, 2.45) is 0 Å². The predicted octanol–water partition coefficient (Wildman–Crippen LogP) is 5.62. The minimum Gasteiger partial charge on any atom is -0.309 e. The molecule has 0 atom stereocenters. The van der Waals surface area contributed by atoms with E-state index >= 15 is 0 Å². The van der Waals surface area contributed by atoms with E-state index in [1.165, 1.54) is 0 Å². The molecule has 0 bridgehead atoms. The summed E-state index contributed by atoms with van der Waals surface area (Å²) in [7, 11) is 0. The van der Waals surface area contributed by atoms with Crippen molar-refractivity contribution in [1.82, 2.24) is 4.57 Å². The molecule has 0 fully saturated rings. The van der Waals surface area contributed by atoms with Crippen LogP contribution in [0.5, 0.6) is 0 Å². The first-order valence-corrected chi connectivity index (χ1v) is 8.25. The molecule has 2 nitrogen and oxygen atoms in total. The summed E-state index contributed by atoms with van der Waals surface area (Å²) < 4.78 is 2.16. The van der Waals surface area contributed by atoms with Gasteiger partial charge in [-0.05, 0) is 29.3 Å². The number of rotatable bonds is 4. The lowest BCUT2D eigenvalue weighted by Gasteiger charge is -2.14. The Kier molecular flexibility index (Phi) is 4.01. The third-order valence-corrected chi connectivity index (χ3v) is 4.29. The van der Waals surface area contributed by atoms with Crippen molar-refractivity contribution in [2.45, 2.75) is 0 Å². The van der Waals surface area contributed by atoms with Gasteiger partial charge < -0.3 is 4.57 Å². The van der Waals surface area contributed by atoms with Crippen molar-refractivity contribution in [3.63, 3.8) is 0 Å². The Morgan fingerprint density at radius 3 is 1.72 bits per heavy atom. The van der Waals surface area contributed by atoms with Gasteiger partial charge in [-0.25, -0.2) is 0 Å². The molecule has 0 aliphatic heterocycles. The third-order valence-electron chi connectivity index (χ3n) is 4.29. The van der Waals surface area contributed by atoms with Crippen LogP contribution in [0.1, 0.15) is 10.4 Å². The largest absolute Gasteiger partial charge is 0.309 e. The molecule has 1 aromatic heterocycles. The number of para-hydroxylation sites is 1. The normalized spacial score (nSPS) is 10.6. The van der Waals surface area contributed by atoms with E-state index in [9.17, 15) is 4.79 Å². The summed E-state index contributed by atoms with van der Waals surface area (Å²) >= 11 is 0. The number of benzene rings is 3. The molecule has 0 unspecified atom stereocenters. The number of nitrogens with zero attached hydrogens (tertiary/aromatic N) is 1. The fourth-order valence-corrected chi connectivity index (χ4v) is 3.18. The third kappa shape index (κ3) is 2.79. The molecule has 1 heterocycles. The van der Waals surface area contributed by atoms with Crippen molar-refractivity contribution in [3.8, 4) is 28.2 Å². The van der Waals surface area contributed by atoms with Gasteiger partial charge in [-0.1, -0.05) is 78.9 Å². The molecule has 4 rings (SSSR count). The highest BCUT2D eigenvalue weighted by Gasteiger charge is 2.18. The second kappa shape index (κ2) is 6.62. The van der Waals surface area contributed by atoms with Crippen LogP contribution in [0, 0.1) is 0 Å². The molecule has 3 aromatic carbocycles. The monoisotopic (exact) mass is 323 g/mol. The van der Waals surface area contributed by atoms with Crippen LogP contribution in [0.25, 0.3) is 28.2 Å². The number of aromatic nitrogens is 1. The summed E-state index contributed by atoms with van der Waals surface area (Å²) in [5, 5.41) is 0. The van der Waals surface area contributed by atoms with Crippen LogP contribution in [-0.4, -0.2) is 10.9 Å². The maximum Gasteiger partial charge on any atom is 0.152 e. The quantitative estimate of drug-likeness (QED) is 0.446. The second-order valence-corrected chi connectivity index (χ2v) is 5.85. The van der Waals surface area contributed by atoms with E-state index in [0.717, 1.165) is 34.5 Å². The summed E-state index contributed by atoms with van der Waals surface area (Å²) in [6.45, 7) is 0. The zero-order valence-corrected chi connectivity index (χ0v) is 13.7. The first-order valence-electron chi connectivity index (χ1n) is 8.25. The maximum absolute atomic E-state index is 11.8. The molecule has 2 heteroatoms. The molecule has 0 N–H and O–H groups in total. The molecule has 120 valence electrons. The smallest absolute Gasteiger partial charge is 0.152 e. The number of carbonyl (C=O) groups is 1. The van der Waals surface area contributed by atoms with Gasteiger partial charge in [0.2, 0.25) is 0 Å². The average molecular weight is 323 g/mol. The lowest BCUT2D eigenvalue weighted by atomic mass is 10.1. The summed E-state index contributed by atoms with van der Waals surface area (Å²) in [5.41, 5.74) is 5.75. The van der Waals surface area contributed by atoms with E-state index in [2.05, 4.69) is 28.8 Å². The Morgan fingerprint density at radius 1 is 0.640 bits per heavy atom. The first kappa shape index (κ1) is 15.2.